The van der Waals surface area contributed by atoms with Crippen LogP contribution < -0.4 is 0 Å². The Morgan fingerprint density at radius 2 is 0.619 bits per heavy atom. The van der Waals surface area contributed by atoms with Crippen LogP contribution in [0.25, 0.3) is 0 Å². The normalized spacial score (nSPS) is 12.7. The van der Waals surface area contributed by atoms with Crippen LogP contribution in [0.2, 0.25) is 0 Å². The fraction of sp³-hybridized carbons (Fsp3) is 0.702. The molecule has 0 saturated carbocycles. The highest BCUT2D eigenvalue weighted by Crippen LogP contribution is 2.14. The molecular weight excluding hydrogens is 781 g/mol. The highest BCUT2D eigenvalue weighted by molar-refractivity contribution is 5.71. The van der Waals surface area contributed by atoms with E-state index in [2.05, 4.69) is 106 Å². The van der Waals surface area contributed by atoms with E-state index in [0.29, 0.717) is 19.3 Å². The number of esters is 3. The summed E-state index contributed by atoms with van der Waals surface area (Å²) in [6.45, 7) is 6.45. The number of carbonyl (C=O) groups is 3. The third kappa shape index (κ3) is 49.5. The number of rotatable bonds is 46. The fourth-order valence-corrected chi connectivity index (χ4v) is 6.97. The number of hydrogen-bond donors (Lipinski definition) is 0. The van der Waals surface area contributed by atoms with Crippen molar-refractivity contribution < 1.29 is 28.6 Å². The summed E-state index contributed by atoms with van der Waals surface area (Å²) < 4.78 is 16.8. The number of hydrogen-bond acceptors (Lipinski definition) is 6. The maximum Gasteiger partial charge on any atom is 0.306 e. The summed E-state index contributed by atoms with van der Waals surface area (Å²) in [5.74, 6) is -0.943. The monoisotopic (exact) mass is 877 g/mol. The summed E-state index contributed by atoms with van der Waals surface area (Å²) in [6.07, 6.45) is 65.6. The van der Waals surface area contributed by atoms with E-state index < -0.39 is 6.10 Å². The SMILES string of the molecule is CC/C=C\C/C=C\C/C=C\CCCCCCCC(=O)O[C@@H](COC(=O)CCCCC/C=C\C/C=C\C/C=C\C/C=C\CCCCC)COC(=O)CCCCCCCCCCCCC. The Hall–Kier alpha value is -3.41. The predicted octanol–water partition coefficient (Wildman–Crippen LogP) is 17.2. The molecule has 0 N–H and O–H groups in total. The van der Waals surface area contributed by atoms with Crippen molar-refractivity contribution in [3.05, 3.63) is 85.1 Å². The van der Waals surface area contributed by atoms with Gasteiger partial charge in [-0.1, -0.05) is 209 Å². The molecule has 1 atom stereocenters. The van der Waals surface area contributed by atoms with E-state index in [0.717, 1.165) is 122 Å². The molecule has 0 aromatic rings. The van der Waals surface area contributed by atoms with E-state index in [1.807, 2.05) is 0 Å². The zero-order valence-electron chi connectivity index (χ0n) is 41.1. The third-order valence-electron chi connectivity index (χ3n) is 10.9. The van der Waals surface area contributed by atoms with Crippen LogP contribution in [-0.2, 0) is 28.6 Å². The van der Waals surface area contributed by atoms with Crippen LogP contribution in [0.15, 0.2) is 85.1 Å². The molecule has 0 bridgehead atoms. The Labute approximate surface area is 388 Å². The standard InChI is InChI=1S/C57H96O6/c1-4-7-10-13-16-19-22-24-26-27-28-29-31-32-35-38-41-44-47-50-56(59)62-53-54(52-61-55(58)49-46-43-40-37-34-21-18-15-12-9-6-3)63-57(60)51-48-45-42-39-36-33-30-25-23-20-17-14-11-8-5-2/h8,11,16-17,19-20,24-26,28-30,32,35,54H,4-7,9-10,12-15,18,21-23,27,31,33-34,36-53H2,1-3H3/b11-8-,19-16-,20-17-,26-24-,29-28-,30-25-,35-32-/t54-/m1/s1. The van der Waals surface area contributed by atoms with Crippen LogP contribution in [0.4, 0.5) is 0 Å². The highest BCUT2D eigenvalue weighted by Gasteiger charge is 2.19. The zero-order chi connectivity index (χ0) is 45.8. The van der Waals surface area contributed by atoms with Crippen molar-refractivity contribution in [2.75, 3.05) is 13.2 Å². The van der Waals surface area contributed by atoms with Crippen molar-refractivity contribution in [3.63, 3.8) is 0 Å². The Morgan fingerprint density at radius 1 is 0.333 bits per heavy atom. The molecule has 0 rings (SSSR count). The van der Waals surface area contributed by atoms with Crippen LogP contribution in [-0.4, -0.2) is 37.2 Å². The topological polar surface area (TPSA) is 78.9 Å². The molecule has 0 unspecified atom stereocenters. The lowest BCUT2D eigenvalue weighted by Crippen LogP contribution is -2.30. The minimum absolute atomic E-state index is 0.0931. The van der Waals surface area contributed by atoms with Gasteiger partial charge in [-0.25, -0.2) is 0 Å². The van der Waals surface area contributed by atoms with E-state index in [9.17, 15) is 14.4 Å². The quantitative estimate of drug-likeness (QED) is 0.0262. The minimum Gasteiger partial charge on any atom is -0.462 e. The molecule has 0 spiro atoms. The van der Waals surface area contributed by atoms with E-state index >= 15 is 0 Å². The average Bonchev–Trinajstić information content (AvgIpc) is 3.28. The van der Waals surface area contributed by atoms with Crippen molar-refractivity contribution >= 4 is 17.9 Å². The van der Waals surface area contributed by atoms with Gasteiger partial charge in [0.2, 0.25) is 0 Å². The second-order valence-electron chi connectivity index (χ2n) is 17.1. The van der Waals surface area contributed by atoms with E-state index in [-0.39, 0.29) is 31.1 Å². The van der Waals surface area contributed by atoms with Gasteiger partial charge in [-0.05, 0) is 96.3 Å². The van der Waals surface area contributed by atoms with Crippen LogP contribution >= 0.6 is 0 Å². The first-order chi connectivity index (χ1) is 31.0. The lowest BCUT2D eigenvalue weighted by molar-refractivity contribution is -0.167. The molecule has 0 heterocycles. The second-order valence-corrected chi connectivity index (χ2v) is 17.1. The third-order valence-corrected chi connectivity index (χ3v) is 10.9. The van der Waals surface area contributed by atoms with Crippen molar-refractivity contribution in [2.45, 2.75) is 245 Å². The average molecular weight is 877 g/mol. The molecule has 0 radical (unpaired) electrons. The maximum absolute atomic E-state index is 12.8. The molecule has 0 aliphatic rings. The van der Waals surface area contributed by atoms with Crippen molar-refractivity contribution in [2.24, 2.45) is 0 Å². The Balaban J connectivity index is 4.45. The molecule has 0 aliphatic carbocycles. The van der Waals surface area contributed by atoms with Crippen LogP contribution in [0, 0.1) is 0 Å². The minimum atomic E-state index is -0.797. The smallest absolute Gasteiger partial charge is 0.306 e. The summed E-state index contributed by atoms with van der Waals surface area (Å²) in [4.78, 5) is 38.0. The summed E-state index contributed by atoms with van der Waals surface area (Å²) in [5, 5.41) is 0. The highest BCUT2D eigenvalue weighted by atomic mass is 16.6. The maximum atomic E-state index is 12.8. The lowest BCUT2D eigenvalue weighted by Gasteiger charge is -2.18. The van der Waals surface area contributed by atoms with Gasteiger partial charge in [-0.2, -0.15) is 0 Å². The van der Waals surface area contributed by atoms with Crippen molar-refractivity contribution in [1.82, 2.24) is 0 Å². The van der Waals surface area contributed by atoms with Crippen LogP contribution in [0.1, 0.15) is 239 Å². The number of carbonyl (C=O) groups excluding carboxylic acids is 3. The lowest BCUT2D eigenvalue weighted by atomic mass is 10.1. The van der Waals surface area contributed by atoms with Gasteiger partial charge >= 0.3 is 17.9 Å². The summed E-state index contributed by atoms with van der Waals surface area (Å²) >= 11 is 0. The van der Waals surface area contributed by atoms with E-state index in [4.69, 9.17) is 14.2 Å². The van der Waals surface area contributed by atoms with E-state index in [1.165, 1.54) is 77.0 Å². The summed E-state index contributed by atoms with van der Waals surface area (Å²) in [5.41, 5.74) is 0. The zero-order valence-corrected chi connectivity index (χ0v) is 41.1. The van der Waals surface area contributed by atoms with Gasteiger partial charge in [0.15, 0.2) is 6.10 Å². The number of unbranched alkanes of at least 4 members (excludes halogenated alkanes) is 21. The molecule has 0 amide bonds. The van der Waals surface area contributed by atoms with E-state index in [1.54, 1.807) is 0 Å². The van der Waals surface area contributed by atoms with Gasteiger partial charge in [0.05, 0.1) is 0 Å². The first-order valence-electron chi connectivity index (χ1n) is 26.1. The van der Waals surface area contributed by atoms with Gasteiger partial charge in [0.1, 0.15) is 13.2 Å². The number of ether oxygens (including phenoxy) is 3. The first-order valence-corrected chi connectivity index (χ1v) is 26.1. The molecule has 0 saturated heterocycles. The first kappa shape index (κ1) is 59.6. The molecule has 6 heteroatoms. The molecular formula is C57H96O6. The molecule has 0 fully saturated rings. The van der Waals surface area contributed by atoms with Gasteiger partial charge in [0.25, 0.3) is 0 Å². The number of allylic oxidation sites excluding steroid dienone is 14. The van der Waals surface area contributed by atoms with Gasteiger partial charge < -0.3 is 14.2 Å². The Bertz CT molecular complexity index is 1240. The van der Waals surface area contributed by atoms with Crippen LogP contribution in [0.5, 0.6) is 0 Å². The second kappa shape index (κ2) is 51.2. The van der Waals surface area contributed by atoms with Gasteiger partial charge in [-0.3, -0.25) is 14.4 Å². The van der Waals surface area contributed by atoms with Gasteiger partial charge in [-0.15, -0.1) is 0 Å². The summed E-state index contributed by atoms with van der Waals surface area (Å²) in [7, 11) is 0. The Morgan fingerprint density at radius 3 is 1.02 bits per heavy atom. The molecule has 360 valence electrons. The molecule has 0 aromatic heterocycles. The summed E-state index contributed by atoms with van der Waals surface area (Å²) in [6, 6.07) is 0. The molecule has 0 aliphatic heterocycles. The Kier molecular flexibility index (Phi) is 48.5. The molecule has 0 aromatic carbocycles. The van der Waals surface area contributed by atoms with Crippen molar-refractivity contribution in [1.29, 1.82) is 0 Å². The largest absolute Gasteiger partial charge is 0.462 e. The van der Waals surface area contributed by atoms with Crippen molar-refractivity contribution in [3.8, 4) is 0 Å². The fourth-order valence-electron chi connectivity index (χ4n) is 6.97. The molecule has 63 heavy (non-hydrogen) atoms. The molecule has 6 nitrogen and oxygen atoms in total. The van der Waals surface area contributed by atoms with Gasteiger partial charge in [0, 0.05) is 19.3 Å². The predicted molar refractivity (Wildman–Crippen MR) is 270 cm³/mol. The van der Waals surface area contributed by atoms with Crippen LogP contribution in [0.3, 0.4) is 0 Å².